The number of ether oxygens (including phenoxy) is 1. The number of hydrogen-bond donors (Lipinski definition) is 2. The predicted molar refractivity (Wildman–Crippen MR) is 143 cm³/mol. The van der Waals surface area contributed by atoms with Crippen LogP contribution in [0.3, 0.4) is 0 Å². The highest BCUT2D eigenvalue weighted by Gasteiger charge is 2.52. The highest BCUT2D eigenvalue weighted by atomic mass is 32.1. The molecule has 4 saturated carbocycles. The van der Waals surface area contributed by atoms with Gasteiger partial charge in [0.15, 0.2) is 5.13 Å². The van der Waals surface area contributed by atoms with Crippen molar-refractivity contribution in [2.45, 2.75) is 50.4 Å². The van der Waals surface area contributed by atoms with Gasteiger partial charge in [0.2, 0.25) is 5.88 Å². The largest absolute Gasteiger partial charge is 0.508 e. The number of aromatic hydroxyl groups is 2. The Morgan fingerprint density at radius 1 is 0.917 bits per heavy atom. The molecule has 5 aliphatic rings. The average Bonchev–Trinajstić information content (AvgIpc) is 3.24. The number of thiazole rings is 1. The van der Waals surface area contributed by atoms with Gasteiger partial charge in [0, 0.05) is 25.1 Å². The molecule has 5 nitrogen and oxygen atoms in total. The fourth-order valence-corrected chi connectivity index (χ4v) is 9.00. The van der Waals surface area contributed by atoms with Crippen LogP contribution in [0.15, 0.2) is 42.5 Å². The topological polar surface area (TPSA) is 65.8 Å². The molecule has 0 amide bonds. The summed E-state index contributed by atoms with van der Waals surface area (Å²) in [7, 11) is 0. The van der Waals surface area contributed by atoms with Crippen LogP contribution in [0.5, 0.6) is 11.6 Å². The van der Waals surface area contributed by atoms with Crippen LogP contribution in [0.1, 0.15) is 54.5 Å². The SMILES string of the molecule is Oc1ccc(-c2cccc(Cc3sc(N4CCOCC4)nc3O)c2)cc1C12CC3CC(CC(C3)C1)C2. The minimum absolute atomic E-state index is 0.139. The van der Waals surface area contributed by atoms with Crippen molar-refractivity contribution in [3.8, 4) is 22.8 Å². The maximum absolute atomic E-state index is 11.0. The molecule has 4 aliphatic carbocycles. The Bertz CT molecular complexity index is 1240. The first-order valence-electron chi connectivity index (χ1n) is 13.5. The number of phenols is 1. The maximum atomic E-state index is 11.0. The van der Waals surface area contributed by atoms with Crippen LogP contribution >= 0.6 is 11.3 Å². The van der Waals surface area contributed by atoms with Gasteiger partial charge in [-0.1, -0.05) is 41.7 Å². The Labute approximate surface area is 216 Å². The third-order valence-corrected chi connectivity index (χ3v) is 10.3. The van der Waals surface area contributed by atoms with Gasteiger partial charge in [-0.2, -0.15) is 4.98 Å². The van der Waals surface area contributed by atoms with E-state index in [1.165, 1.54) is 49.7 Å². The number of aromatic nitrogens is 1. The molecule has 6 heteroatoms. The number of rotatable bonds is 5. The Morgan fingerprint density at radius 3 is 2.33 bits per heavy atom. The average molecular weight is 503 g/mol. The quantitative estimate of drug-likeness (QED) is 0.440. The molecule has 1 aliphatic heterocycles. The lowest BCUT2D eigenvalue weighted by Crippen LogP contribution is -2.48. The second kappa shape index (κ2) is 8.77. The van der Waals surface area contributed by atoms with Gasteiger partial charge in [0.05, 0.1) is 18.1 Å². The monoisotopic (exact) mass is 502 g/mol. The number of anilines is 1. The Kier molecular flexibility index (Phi) is 5.51. The van der Waals surface area contributed by atoms with E-state index in [0.717, 1.165) is 52.0 Å². The van der Waals surface area contributed by atoms with Crippen molar-refractivity contribution in [3.05, 3.63) is 58.5 Å². The molecule has 8 rings (SSSR count). The highest BCUT2D eigenvalue weighted by molar-refractivity contribution is 7.15. The van der Waals surface area contributed by atoms with E-state index in [2.05, 4.69) is 46.3 Å². The first kappa shape index (κ1) is 22.6. The van der Waals surface area contributed by atoms with E-state index < -0.39 is 0 Å². The van der Waals surface area contributed by atoms with Crippen molar-refractivity contribution in [1.29, 1.82) is 0 Å². The van der Waals surface area contributed by atoms with Crippen molar-refractivity contribution in [1.82, 2.24) is 4.98 Å². The third kappa shape index (κ3) is 3.99. The summed E-state index contributed by atoms with van der Waals surface area (Å²) < 4.78 is 5.45. The molecule has 0 spiro atoms. The molecule has 2 N–H and O–H groups in total. The van der Waals surface area contributed by atoms with Crippen molar-refractivity contribution < 1.29 is 14.9 Å². The third-order valence-electron chi connectivity index (χ3n) is 9.18. The van der Waals surface area contributed by atoms with E-state index in [4.69, 9.17) is 4.74 Å². The summed E-state index contributed by atoms with van der Waals surface area (Å²) in [6.45, 7) is 3.04. The molecule has 0 atom stereocenters. The Morgan fingerprint density at radius 2 is 1.61 bits per heavy atom. The van der Waals surface area contributed by atoms with E-state index >= 15 is 0 Å². The predicted octanol–water partition coefficient (Wildman–Crippen LogP) is 6.12. The van der Waals surface area contributed by atoms with Gasteiger partial charge in [-0.3, -0.25) is 0 Å². The number of morpholine rings is 1. The summed E-state index contributed by atoms with van der Waals surface area (Å²) >= 11 is 1.58. The van der Waals surface area contributed by atoms with Gasteiger partial charge in [-0.25, -0.2) is 0 Å². The zero-order valence-corrected chi connectivity index (χ0v) is 21.5. The van der Waals surface area contributed by atoms with Crippen LogP contribution in [0.25, 0.3) is 11.1 Å². The second-order valence-electron chi connectivity index (χ2n) is 11.6. The van der Waals surface area contributed by atoms with Gasteiger partial charge in [0.25, 0.3) is 0 Å². The summed E-state index contributed by atoms with van der Waals surface area (Å²) in [5, 5.41) is 22.4. The molecule has 0 unspecified atom stereocenters. The molecule has 4 bridgehead atoms. The highest BCUT2D eigenvalue weighted by Crippen LogP contribution is 2.62. The molecule has 3 aromatic rings. The molecule has 36 heavy (non-hydrogen) atoms. The minimum Gasteiger partial charge on any atom is -0.508 e. The lowest BCUT2D eigenvalue weighted by Gasteiger charge is -2.57. The van der Waals surface area contributed by atoms with E-state index in [9.17, 15) is 10.2 Å². The lowest BCUT2D eigenvalue weighted by atomic mass is 9.48. The zero-order chi connectivity index (χ0) is 24.3. The van der Waals surface area contributed by atoms with Gasteiger partial charge >= 0.3 is 0 Å². The van der Waals surface area contributed by atoms with Crippen molar-refractivity contribution in [3.63, 3.8) is 0 Å². The summed E-state index contributed by atoms with van der Waals surface area (Å²) in [5.41, 5.74) is 4.83. The lowest BCUT2D eigenvalue weighted by molar-refractivity contribution is -0.00611. The van der Waals surface area contributed by atoms with Crippen LogP contribution < -0.4 is 4.90 Å². The van der Waals surface area contributed by atoms with Crippen LogP contribution in [0, 0.1) is 17.8 Å². The number of benzene rings is 2. The number of hydrogen-bond acceptors (Lipinski definition) is 6. The molecule has 1 saturated heterocycles. The van der Waals surface area contributed by atoms with E-state index in [1.54, 1.807) is 11.3 Å². The molecule has 0 radical (unpaired) electrons. The Hall–Kier alpha value is -2.57. The second-order valence-corrected chi connectivity index (χ2v) is 12.7. The van der Waals surface area contributed by atoms with Crippen LogP contribution in [0.4, 0.5) is 5.13 Å². The Balaban J connectivity index is 1.16. The molecule has 2 aromatic carbocycles. The van der Waals surface area contributed by atoms with Crippen molar-refractivity contribution in [2.75, 3.05) is 31.2 Å². The summed E-state index contributed by atoms with van der Waals surface area (Å²) in [4.78, 5) is 7.53. The fourth-order valence-electron chi connectivity index (χ4n) is 7.96. The van der Waals surface area contributed by atoms with Crippen LogP contribution in [0.2, 0.25) is 0 Å². The number of phenolic OH excluding ortho intramolecular Hbond substituents is 1. The van der Waals surface area contributed by atoms with Gasteiger partial charge in [0.1, 0.15) is 5.75 Å². The standard InChI is InChI=1S/C30H34N2O3S/c33-26-5-4-24(15-25(26)30-16-20-10-21(17-30)12-22(11-20)18-30)23-3-1-2-19(13-23)14-27-28(34)31-29(36-27)32-6-8-35-9-7-32/h1-5,13,15,20-22,33-34H,6-12,14,16-18H2. The molecule has 1 aromatic heterocycles. The molecule has 188 valence electrons. The van der Waals surface area contributed by atoms with E-state index in [-0.39, 0.29) is 11.3 Å². The van der Waals surface area contributed by atoms with E-state index in [0.29, 0.717) is 25.4 Å². The molecule has 5 fully saturated rings. The van der Waals surface area contributed by atoms with Gasteiger partial charge in [-0.05, 0) is 90.5 Å². The first-order valence-corrected chi connectivity index (χ1v) is 14.3. The van der Waals surface area contributed by atoms with Crippen molar-refractivity contribution >= 4 is 16.5 Å². The molecule has 2 heterocycles. The van der Waals surface area contributed by atoms with Crippen LogP contribution in [-0.2, 0) is 16.6 Å². The normalized spacial score (nSPS) is 29.1. The van der Waals surface area contributed by atoms with E-state index in [1.807, 2.05) is 6.07 Å². The smallest absolute Gasteiger partial charge is 0.227 e. The maximum Gasteiger partial charge on any atom is 0.227 e. The zero-order valence-electron chi connectivity index (χ0n) is 20.7. The van der Waals surface area contributed by atoms with Crippen LogP contribution in [-0.4, -0.2) is 41.5 Å². The fraction of sp³-hybridized carbons (Fsp3) is 0.500. The summed E-state index contributed by atoms with van der Waals surface area (Å²) in [5.74, 6) is 3.15. The first-order chi connectivity index (χ1) is 17.5. The minimum atomic E-state index is 0.139. The van der Waals surface area contributed by atoms with Gasteiger partial charge in [-0.15, -0.1) is 0 Å². The van der Waals surface area contributed by atoms with Gasteiger partial charge < -0.3 is 19.8 Å². The number of nitrogens with zero attached hydrogens (tertiary/aromatic N) is 2. The molecular formula is C30H34N2O3S. The summed E-state index contributed by atoms with van der Waals surface area (Å²) in [6.07, 6.45) is 8.59. The summed E-state index contributed by atoms with van der Waals surface area (Å²) in [6, 6.07) is 14.9. The molecular weight excluding hydrogens is 468 g/mol. The van der Waals surface area contributed by atoms with Crippen molar-refractivity contribution in [2.24, 2.45) is 17.8 Å².